The van der Waals surface area contributed by atoms with Crippen LogP contribution in [0.1, 0.15) is 0 Å². The van der Waals surface area contributed by atoms with Gasteiger partial charge in [0, 0.05) is 32.8 Å². The van der Waals surface area contributed by atoms with Crippen LogP contribution in [0.15, 0.2) is 156 Å². The maximum atomic E-state index is 6.53. The maximum absolute atomic E-state index is 6.53. The molecule has 210 valence electrons. The molecule has 2 aromatic heterocycles. The van der Waals surface area contributed by atoms with E-state index >= 15 is 0 Å². The number of hydrogen-bond donors (Lipinski definition) is 0. The van der Waals surface area contributed by atoms with E-state index in [1.807, 2.05) is 66.7 Å². The highest BCUT2D eigenvalue weighted by Gasteiger charge is 2.19. The van der Waals surface area contributed by atoms with Gasteiger partial charge in [-0.2, -0.15) is 0 Å². The quantitative estimate of drug-likeness (QED) is 0.196. The van der Waals surface area contributed by atoms with Crippen molar-refractivity contribution < 1.29 is 4.42 Å². The topological polar surface area (TPSA) is 51.8 Å². The number of aromatic nitrogens is 3. The van der Waals surface area contributed by atoms with E-state index in [1.165, 1.54) is 0 Å². The summed E-state index contributed by atoms with van der Waals surface area (Å²) >= 11 is 0. The number of fused-ring (bicyclic) bond motifs is 7. The summed E-state index contributed by atoms with van der Waals surface area (Å²) in [5.41, 5.74) is 6.86. The summed E-state index contributed by atoms with van der Waals surface area (Å²) in [6.45, 7) is 0. The minimum atomic E-state index is 0.636. The SMILES string of the molecule is c1ccc(-c2ccc3c(c2)oc2ccc4c(-c5nc(-c6ccccc6)nc(-c6ccccc6)n5)cc5ccccc5c4c23)cc1. The van der Waals surface area contributed by atoms with Crippen molar-refractivity contribution in [3.63, 3.8) is 0 Å². The molecule has 0 aliphatic heterocycles. The Kier molecular flexibility index (Phi) is 5.78. The third kappa shape index (κ3) is 4.27. The van der Waals surface area contributed by atoms with Gasteiger partial charge in [-0.25, -0.2) is 15.0 Å². The zero-order valence-corrected chi connectivity index (χ0v) is 24.2. The molecule has 0 aliphatic carbocycles. The second-order valence-electron chi connectivity index (χ2n) is 11.2. The third-order valence-corrected chi connectivity index (χ3v) is 8.51. The molecule has 0 radical (unpaired) electrons. The molecule has 0 spiro atoms. The Labute approximate surface area is 259 Å². The van der Waals surface area contributed by atoms with Gasteiger partial charge >= 0.3 is 0 Å². The van der Waals surface area contributed by atoms with Crippen molar-refractivity contribution in [3.05, 3.63) is 152 Å². The van der Waals surface area contributed by atoms with Gasteiger partial charge < -0.3 is 4.42 Å². The normalized spacial score (nSPS) is 11.6. The van der Waals surface area contributed by atoms with E-state index < -0.39 is 0 Å². The van der Waals surface area contributed by atoms with Crippen LogP contribution in [0, 0.1) is 0 Å². The summed E-state index contributed by atoms with van der Waals surface area (Å²) in [4.78, 5) is 15.1. The van der Waals surface area contributed by atoms with Gasteiger partial charge in [0.1, 0.15) is 11.2 Å². The van der Waals surface area contributed by atoms with Crippen LogP contribution in [0.3, 0.4) is 0 Å². The molecule has 9 aromatic rings. The fourth-order valence-corrected chi connectivity index (χ4v) is 6.38. The second kappa shape index (κ2) is 10.2. The molecule has 0 aliphatic rings. The van der Waals surface area contributed by atoms with Crippen LogP contribution < -0.4 is 0 Å². The Hall–Kier alpha value is -6.13. The Bertz CT molecular complexity index is 2460. The summed E-state index contributed by atoms with van der Waals surface area (Å²) in [5.74, 6) is 1.92. The Morgan fingerprint density at radius 1 is 0.356 bits per heavy atom. The molecule has 0 saturated carbocycles. The molecule has 2 heterocycles. The number of hydrogen-bond acceptors (Lipinski definition) is 4. The number of nitrogens with zero attached hydrogens (tertiary/aromatic N) is 3. The molecular weight excluding hydrogens is 550 g/mol. The van der Waals surface area contributed by atoms with Crippen molar-refractivity contribution in [3.8, 4) is 45.3 Å². The number of rotatable bonds is 4. The van der Waals surface area contributed by atoms with Crippen LogP contribution in [0.5, 0.6) is 0 Å². The summed E-state index contributed by atoms with van der Waals surface area (Å²) in [7, 11) is 0. The molecule has 4 heteroatoms. The lowest BCUT2D eigenvalue weighted by atomic mass is 9.93. The maximum Gasteiger partial charge on any atom is 0.164 e. The zero-order valence-electron chi connectivity index (χ0n) is 24.2. The van der Waals surface area contributed by atoms with E-state index in [1.54, 1.807) is 0 Å². The van der Waals surface area contributed by atoms with Gasteiger partial charge in [0.15, 0.2) is 17.5 Å². The lowest BCUT2D eigenvalue weighted by Crippen LogP contribution is -2.00. The molecule has 0 fully saturated rings. The van der Waals surface area contributed by atoms with Crippen LogP contribution in [0.25, 0.3) is 88.8 Å². The van der Waals surface area contributed by atoms with Crippen LogP contribution >= 0.6 is 0 Å². The van der Waals surface area contributed by atoms with E-state index in [-0.39, 0.29) is 0 Å². The Balaban J connectivity index is 1.35. The van der Waals surface area contributed by atoms with Gasteiger partial charge in [0.2, 0.25) is 0 Å². The van der Waals surface area contributed by atoms with Gasteiger partial charge in [-0.3, -0.25) is 0 Å². The van der Waals surface area contributed by atoms with Gasteiger partial charge in [0.25, 0.3) is 0 Å². The third-order valence-electron chi connectivity index (χ3n) is 8.51. The number of benzene rings is 7. The highest BCUT2D eigenvalue weighted by molar-refractivity contribution is 6.29. The van der Waals surface area contributed by atoms with Crippen molar-refractivity contribution in [1.82, 2.24) is 15.0 Å². The molecule has 0 amide bonds. The summed E-state index contributed by atoms with van der Waals surface area (Å²) in [6, 6.07) is 52.1. The smallest absolute Gasteiger partial charge is 0.164 e. The first kappa shape index (κ1) is 25.4. The minimum absolute atomic E-state index is 0.636. The van der Waals surface area contributed by atoms with Crippen molar-refractivity contribution in [2.45, 2.75) is 0 Å². The average molecular weight is 576 g/mol. The van der Waals surface area contributed by atoms with E-state index in [9.17, 15) is 0 Å². The van der Waals surface area contributed by atoms with Gasteiger partial charge in [-0.05, 0) is 57.6 Å². The molecule has 0 N–H and O–H groups in total. The van der Waals surface area contributed by atoms with Crippen LogP contribution in [0.2, 0.25) is 0 Å². The van der Waals surface area contributed by atoms with Crippen molar-refractivity contribution in [2.24, 2.45) is 0 Å². The standard InChI is InChI=1S/C41H25N3O/c1-4-12-26(13-5-1)29-20-21-33-36(25-29)45-35-23-22-32-34(24-30-18-10-11-19-31(30)37(32)38(33)35)41-43-39(27-14-6-2-7-15-27)42-40(44-41)28-16-8-3-9-17-28/h1-25H. The van der Waals surface area contributed by atoms with E-state index in [0.29, 0.717) is 17.5 Å². The molecule has 4 nitrogen and oxygen atoms in total. The minimum Gasteiger partial charge on any atom is -0.456 e. The highest BCUT2D eigenvalue weighted by atomic mass is 16.3. The van der Waals surface area contributed by atoms with Crippen LogP contribution in [-0.2, 0) is 0 Å². The van der Waals surface area contributed by atoms with Crippen LogP contribution in [0.4, 0.5) is 0 Å². The Morgan fingerprint density at radius 3 is 1.62 bits per heavy atom. The lowest BCUT2D eigenvalue weighted by molar-refractivity contribution is 0.669. The molecule has 0 bridgehead atoms. The molecule has 0 saturated heterocycles. The first-order valence-corrected chi connectivity index (χ1v) is 15.0. The van der Waals surface area contributed by atoms with Gasteiger partial charge in [-0.15, -0.1) is 0 Å². The summed E-state index contributed by atoms with van der Waals surface area (Å²) < 4.78 is 6.53. The molecule has 9 rings (SSSR count). The average Bonchev–Trinajstić information content (AvgIpc) is 3.50. The first-order chi connectivity index (χ1) is 22.3. The van der Waals surface area contributed by atoms with Crippen molar-refractivity contribution in [1.29, 1.82) is 0 Å². The first-order valence-electron chi connectivity index (χ1n) is 15.0. The molecular formula is C41H25N3O. The summed E-state index contributed by atoms with van der Waals surface area (Å²) in [5, 5.41) is 6.67. The van der Waals surface area contributed by atoms with Gasteiger partial charge in [-0.1, -0.05) is 121 Å². The fraction of sp³-hybridized carbons (Fsp3) is 0. The van der Waals surface area contributed by atoms with Crippen molar-refractivity contribution >= 4 is 43.5 Å². The molecule has 45 heavy (non-hydrogen) atoms. The zero-order chi connectivity index (χ0) is 29.7. The van der Waals surface area contributed by atoms with E-state index in [0.717, 1.165) is 71.3 Å². The second-order valence-corrected chi connectivity index (χ2v) is 11.2. The monoisotopic (exact) mass is 575 g/mol. The molecule has 7 aromatic carbocycles. The van der Waals surface area contributed by atoms with E-state index in [4.69, 9.17) is 19.4 Å². The van der Waals surface area contributed by atoms with Gasteiger partial charge in [0.05, 0.1) is 0 Å². The Morgan fingerprint density at radius 2 is 0.933 bits per heavy atom. The fourth-order valence-electron chi connectivity index (χ4n) is 6.38. The lowest BCUT2D eigenvalue weighted by Gasteiger charge is -2.13. The molecule has 0 atom stereocenters. The predicted octanol–water partition coefficient (Wildman–Crippen LogP) is 10.7. The summed E-state index contributed by atoms with van der Waals surface area (Å²) in [6.07, 6.45) is 0. The largest absolute Gasteiger partial charge is 0.456 e. The van der Waals surface area contributed by atoms with Crippen molar-refractivity contribution in [2.75, 3.05) is 0 Å². The molecule has 0 unspecified atom stereocenters. The number of furan rings is 1. The highest BCUT2D eigenvalue weighted by Crippen LogP contribution is 2.43. The predicted molar refractivity (Wildman–Crippen MR) is 184 cm³/mol. The van der Waals surface area contributed by atoms with E-state index in [2.05, 4.69) is 84.9 Å². The van der Waals surface area contributed by atoms with Crippen LogP contribution in [-0.4, -0.2) is 15.0 Å².